The molecule has 2 heterocycles. The van der Waals surface area contributed by atoms with Gasteiger partial charge in [0.25, 0.3) is 0 Å². The van der Waals surface area contributed by atoms with Crippen LogP contribution in [0.1, 0.15) is 83.4 Å². The maximum absolute atomic E-state index is 11.3. The number of fused-ring (bicyclic) bond motifs is 2. The number of para-hydroxylation sites is 1. The van der Waals surface area contributed by atoms with Gasteiger partial charge >= 0.3 is 0 Å². The van der Waals surface area contributed by atoms with Gasteiger partial charge in [-0.2, -0.15) is 5.06 Å². The fourth-order valence-electron chi connectivity index (χ4n) is 4.86. The molecule has 7 heteroatoms. The van der Waals surface area contributed by atoms with Crippen molar-refractivity contribution in [1.29, 1.82) is 0 Å². The van der Waals surface area contributed by atoms with Crippen molar-refractivity contribution in [3.63, 3.8) is 0 Å². The minimum Gasteiger partial charge on any atom is -0.493 e. The topological polar surface area (TPSA) is 60.5 Å². The number of ether oxygens (including phenoxy) is 3. The molecule has 0 bridgehead atoms. The average Bonchev–Trinajstić information content (AvgIpc) is 3.65. The summed E-state index contributed by atoms with van der Waals surface area (Å²) in [5.74, 6) is 3.06. The number of hydrogen-bond acceptors (Lipinski definition) is 7. The fraction of sp³-hybridized carbons (Fsp3) is 0.606. The van der Waals surface area contributed by atoms with E-state index in [-0.39, 0.29) is 0 Å². The van der Waals surface area contributed by atoms with Crippen molar-refractivity contribution in [1.82, 2.24) is 9.96 Å². The van der Waals surface area contributed by atoms with Gasteiger partial charge in [-0.15, -0.1) is 0 Å². The Morgan fingerprint density at radius 1 is 1.02 bits per heavy atom. The maximum atomic E-state index is 11.3. The molecule has 2 aliphatic rings. The molecule has 0 amide bonds. The van der Waals surface area contributed by atoms with E-state index in [0.717, 1.165) is 81.9 Å². The number of carbonyl (C=O) groups is 1. The lowest BCUT2D eigenvalue weighted by Crippen LogP contribution is -2.37. The van der Waals surface area contributed by atoms with E-state index in [1.807, 2.05) is 38.1 Å². The minimum atomic E-state index is 0.290. The number of hydrogen-bond donors (Lipinski definition) is 0. The lowest BCUT2D eigenvalue weighted by Gasteiger charge is -2.30. The van der Waals surface area contributed by atoms with Crippen LogP contribution in [-0.2, 0) is 22.5 Å². The molecule has 2 atom stereocenters. The largest absolute Gasteiger partial charge is 0.493 e. The molecule has 2 aliphatic heterocycles. The Labute approximate surface area is 242 Å². The first-order valence-electron chi connectivity index (χ1n) is 15.1. The van der Waals surface area contributed by atoms with Crippen LogP contribution in [-0.4, -0.2) is 69.0 Å². The SMILES string of the molecule is CC.CC(CN(CC=O)C(C)CCc1cccc2c1OCO2)c1ccc2c(c1)CCO2.CCCON(C)CCC. The summed E-state index contributed by atoms with van der Waals surface area (Å²) < 4.78 is 16.7. The normalized spacial score (nSPS) is 14.4. The fourth-order valence-corrected chi connectivity index (χ4v) is 4.86. The molecule has 0 aromatic heterocycles. The van der Waals surface area contributed by atoms with Crippen LogP contribution < -0.4 is 14.2 Å². The monoisotopic (exact) mass is 556 g/mol. The Morgan fingerprint density at radius 3 is 2.55 bits per heavy atom. The van der Waals surface area contributed by atoms with Gasteiger partial charge in [-0.05, 0) is 67.3 Å². The number of aldehydes is 1. The third-order valence-corrected chi connectivity index (χ3v) is 7.09. The van der Waals surface area contributed by atoms with Gasteiger partial charge in [-0.25, -0.2) is 0 Å². The molecule has 2 unspecified atom stereocenters. The number of aryl methyl sites for hydroxylation is 1. The highest BCUT2D eigenvalue weighted by Gasteiger charge is 2.22. The Bertz CT molecular complexity index is 999. The second-order valence-corrected chi connectivity index (χ2v) is 10.2. The number of benzene rings is 2. The number of hydroxylamine groups is 2. The van der Waals surface area contributed by atoms with E-state index in [2.05, 4.69) is 56.9 Å². The van der Waals surface area contributed by atoms with Crippen LogP contribution in [0.4, 0.5) is 0 Å². The van der Waals surface area contributed by atoms with Gasteiger partial charge in [0.05, 0.1) is 19.8 Å². The molecule has 2 aromatic rings. The highest BCUT2D eigenvalue weighted by molar-refractivity contribution is 5.52. The van der Waals surface area contributed by atoms with Crippen LogP contribution in [0.25, 0.3) is 0 Å². The molecule has 0 aliphatic carbocycles. The number of rotatable bonds is 14. The molecule has 0 saturated carbocycles. The molecule has 0 radical (unpaired) electrons. The Kier molecular flexibility index (Phi) is 15.7. The van der Waals surface area contributed by atoms with Crippen LogP contribution >= 0.6 is 0 Å². The summed E-state index contributed by atoms with van der Waals surface area (Å²) in [5, 5.41) is 1.89. The second-order valence-electron chi connectivity index (χ2n) is 10.2. The molecule has 40 heavy (non-hydrogen) atoms. The smallest absolute Gasteiger partial charge is 0.231 e. The molecule has 0 fully saturated rings. The second kappa shape index (κ2) is 18.7. The molecule has 0 spiro atoms. The van der Waals surface area contributed by atoms with E-state index in [1.165, 1.54) is 16.7 Å². The van der Waals surface area contributed by atoms with Crippen LogP contribution in [0.15, 0.2) is 36.4 Å². The van der Waals surface area contributed by atoms with E-state index >= 15 is 0 Å². The van der Waals surface area contributed by atoms with E-state index < -0.39 is 0 Å². The molecule has 2 aromatic carbocycles. The van der Waals surface area contributed by atoms with Crippen molar-refractivity contribution < 1.29 is 23.8 Å². The summed E-state index contributed by atoms with van der Waals surface area (Å²) in [7, 11) is 1.97. The third kappa shape index (κ3) is 10.4. The molecule has 224 valence electrons. The van der Waals surface area contributed by atoms with Crippen molar-refractivity contribution in [3.05, 3.63) is 53.1 Å². The average molecular weight is 557 g/mol. The zero-order valence-electron chi connectivity index (χ0n) is 25.9. The van der Waals surface area contributed by atoms with Gasteiger partial charge in [0.15, 0.2) is 11.5 Å². The predicted molar refractivity (Wildman–Crippen MR) is 163 cm³/mol. The van der Waals surface area contributed by atoms with Gasteiger partial charge < -0.3 is 19.0 Å². The third-order valence-electron chi connectivity index (χ3n) is 7.09. The van der Waals surface area contributed by atoms with Crippen LogP contribution in [0.5, 0.6) is 17.2 Å². The van der Waals surface area contributed by atoms with Crippen LogP contribution in [0.3, 0.4) is 0 Å². The van der Waals surface area contributed by atoms with Crippen molar-refractivity contribution in [3.8, 4) is 17.2 Å². The van der Waals surface area contributed by atoms with Crippen LogP contribution in [0.2, 0.25) is 0 Å². The summed E-state index contributed by atoms with van der Waals surface area (Å²) in [4.78, 5) is 18.9. The lowest BCUT2D eigenvalue weighted by molar-refractivity contribution is -0.139. The van der Waals surface area contributed by atoms with Crippen LogP contribution in [0, 0.1) is 0 Å². The van der Waals surface area contributed by atoms with E-state index in [1.54, 1.807) is 0 Å². The molecular formula is C33H52N2O5. The van der Waals surface area contributed by atoms with Gasteiger partial charge in [-0.3, -0.25) is 9.74 Å². The van der Waals surface area contributed by atoms with E-state index in [4.69, 9.17) is 19.0 Å². The summed E-state index contributed by atoms with van der Waals surface area (Å²) >= 11 is 0. The zero-order chi connectivity index (χ0) is 29.3. The summed E-state index contributed by atoms with van der Waals surface area (Å²) in [5.41, 5.74) is 3.78. The number of carbonyl (C=O) groups excluding carboxylic acids is 1. The summed E-state index contributed by atoms with van der Waals surface area (Å²) in [6.07, 6.45) is 6.09. The maximum Gasteiger partial charge on any atom is 0.231 e. The van der Waals surface area contributed by atoms with Gasteiger partial charge in [-0.1, -0.05) is 58.9 Å². The first kappa shape index (κ1) is 33.6. The van der Waals surface area contributed by atoms with Gasteiger partial charge in [0.2, 0.25) is 6.79 Å². The molecule has 0 saturated heterocycles. The standard InChI is InChI=1S/C24H29NO4.C7H17NO.C2H6/c1-17(20-8-9-22-21(14-20)10-13-27-22)15-25(11-12-26)18(2)6-7-19-4-3-5-23-24(19)29-16-28-23;1-4-6-8(3)9-7-5-2;1-2/h3-5,8-9,12,14,17-18H,6-7,10-11,13,15-16H2,1-2H3;4-7H2,1-3H3;1-2H3. The van der Waals surface area contributed by atoms with Crippen molar-refractivity contribution in [2.75, 3.05) is 46.7 Å². The van der Waals surface area contributed by atoms with Crippen molar-refractivity contribution in [2.45, 2.75) is 85.6 Å². The van der Waals surface area contributed by atoms with Gasteiger partial charge in [0.1, 0.15) is 12.0 Å². The highest BCUT2D eigenvalue weighted by atomic mass is 16.7. The first-order valence-corrected chi connectivity index (χ1v) is 15.1. The molecular weight excluding hydrogens is 504 g/mol. The molecule has 4 rings (SSSR count). The molecule has 7 nitrogen and oxygen atoms in total. The van der Waals surface area contributed by atoms with E-state index in [9.17, 15) is 4.79 Å². The minimum absolute atomic E-state index is 0.290. The summed E-state index contributed by atoms with van der Waals surface area (Å²) in [6.45, 7) is 16.9. The van der Waals surface area contributed by atoms with Crippen molar-refractivity contribution in [2.24, 2.45) is 0 Å². The Hall–Kier alpha value is -2.61. The number of nitrogens with zero attached hydrogens (tertiary/aromatic N) is 2. The highest BCUT2D eigenvalue weighted by Crippen LogP contribution is 2.36. The predicted octanol–water partition coefficient (Wildman–Crippen LogP) is 6.67. The quantitative estimate of drug-likeness (QED) is 0.190. The Balaban J connectivity index is 0.000000436. The first-order chi connectivity index (χ1) is 19.5. The van der Waals surface area contributed by atoms with Gasteiger partial charge in [0, 0.05) is 32.6 Å². The van der Waals surface area contributed by atoms with Crippen molar-refractivity contribution >= 4 is 6.29 Å². The zero-order valence-corrected chi connectivity index (χ0v) is 25.9. The summed E-state index contributed by atoms with van der Waals surface area (Å²) in [6, 6.07) is 12.8. The molecule has 0 N–H and O–H groups in total. The van der Waals surface area contributed by atoms with E-state index in [0.29, 0.717) is 25.3 Å². The Morgan fingerprint density at radius 2 is 1.82 bits per heavy atom. The lowest BCUT2D eigenvalue weighted by atomic mass is 9.96.